The van der Waals surface area contributed by atoms with Crippen LogP contribution in [0.2, 0.25) is 0 Å². The maximum absolute atomic E-state index is 11.2. The molecule has 2 rings (SSSR count). The Bertz CT molecular complexity index is 326. The Morgan fingerprint density at radius 2 is 1.61 bits per heavy atom. The second-order valence-corrected chi connectivity index (χ2v) is 5.02. The average molecular weight is 257 g/mol. The van der Waals surface area contributed by atoms with E-state index in [4.69, 9.17) is 14.9 Å². The fourth-order valence-corrected chi connectivity index (χ4v) is 2.90. The summed E-state index contributed by atoms with van der Waals surface area (Å²) in [7, 11) is 0. The van der Waals surface area contributed by atoms with Gasteiger partial charge in [0.15, 0.2) is 0 Å². The van der Waals surface area contributed by atoms with E-state index in [9.17, 15) is 9.59 Å². The van der Waals surface area contributed by atoms with Gasteiger partial charge in [-0.25, -0.2) is 0 Å². The second-order valence-electron chi connectivity index (χ2n) is 5.02. The highest BCUT2D eigenvalue weighted by atomic mass is 16.5. The number of likely N-dealkylation sites (tertiary alicyclic amines) is 1. The SMILES string of the molecule is O=C(O)C1CCN(C2CCOCC2)CC1C(=O)O. The predicted octanol–water partition coefficient (Wildman–Crippen LogP) is 0.273. The summed E-state index contributed by atoms with van der Waals surface area (Å²) in [5, 5.41) is 18.2. The van der Waals surface area contributed by atoms with Gasteiger partial charge in [0.25, 0.3) is 0 Å². The van der Waals surface area contributed by atoms with Gasteiger partial charge in [0.2, 0.25) is 0 Å². The van der Waals surface area contributed by atoms with E-state index in [1.54, 1.807) is 0 Å². The number of rotatable bonds is 3. The van der Waals surface area contributed by atoms with Crippen LogP contribution in [0.4, 0.5) is 0 Å². The summed E-state index contributed by atoms with van der Waals surface area (Å²) in [6, 6.07) is 0.343. The maximum Gasteiger partial charge on any atom is 0.308 e. The van der Waals surface area contributed by atoms with Gasteiger partial charge in [-0.3, -0.25) is 14.5 Å². The number of hydrogen-bond donors (Lipinski definition) is 2. The second kappa shape index (κ2) is 5.67. The van der Waals surface area contributed by atoms with Crippen molar-refractivity contribution in [2.75, 3.05) is 26.3 Å². The Hall–Kier alpha value is -1.14. The molecule has 2 aliphatic rings. The van der Waals surface area contributed by atoms with E-state index < -0.39 is 23.8 Å². The third-order valence-electron chi connectivity index (χ3n) is 3.99. The summed E-state index contributed by atoms with van der Waals surface area (Å²) in [6.45, 7) is 2.44. The summed E-state index contributed by atoms with van der Waals surface area (Å²) < 4.78 is 5.29. The zero-order valence-corrected chi connectivity index (χ0v) is 10.2. The van der Waals surface area contributed by atoms with Crippen LogP contribution in [0.15, 0.2) is 0 Å². The molecule has 102 valence electrons. The number of carboxylic acid groups (broad SMARTS) is 2. The van der Waals surface area contributed by atoms with Crippen molar-refractivity contribution in [1.82, 2.24) is 4.90 Å². The third-order valence-corrected chi connectivity index (χ3v) is 3.99. The number of nitrogens with zero attached hydrogens (tertiary/aromatic N) is 1. The number of ether oxygens (including phenoxy) is 1. The molecule has 2 heterocycles. The molecule has 2 N–H and O–H groups in total. The Balaban J connectivity index is 2.01. The van der Waals surface area contributed by atoms with E-state index in [1.165, 1.54) is 0 Å². The van der Waals surface area contributed by atoms with Gasteiger partial charge in [0.1, 0.15) is 0 Å². The van der Waals surface area contributed by atoms with Crippen LogP contribution in [0.3, 0.4) is 0 Å². The minimum atomic E-state index is -1.00. The van der Waals surface area contributed by atoms with E-state index in [-0.39, 0.29) is 0 Å². The molecule has 0 spiro atoms. The summed E-state index contributed by atoms with van der Waals surface area (Å²) in [4.78, 5) is 24.4. The van der Waals surface area contributed by atoms with Gasteiger partial charge < -0.3 is 14.9 Å². The molecule has 2 saturated heterocycles. The number of piperidine rings is 1. The summed E-state index contributed by atoms with van der Waals surface area (Å²) in [5.74, 6) is -3.54. The first-order valence-electron chi connectivity index (χ1n) is 6.37. The van der Waals surface area contributed by atoms with Gasteiger partial charge >= 0.3 is 11.9 Å². The first-order chi connectivity index (χ1) is 8.59. The Morgan fingerprint density at radius 3 is 2.17 bits per heavy atom. The Labute approximate surface area is 106 Å². The van der Waals surface area contributed by atoms with Crippen molar-refractivity contribution < 1.29 is 24.5 Å². The van der Waals surface area contributed by atoms with E-state index in [0.717, 1.165) is 12.8 Å². The van der Waals surface area contributed by atoms with Crippen LogP contribution < -0.4 is 0 Å². The van der Waals surface area contributed by atoms with Crippen LogP contribution in [0.1, 0.15) is 19.3 Å². The van der Waals surface area contributed by atoms with Gasteiger partial charge in [0, 0.05) is 25.8 Å². The summed E-state index contributed by atoms with van der Waals surface area (Å²) in [6.07, 6.45) is 2.23. The molecule has 2 unspecified atom stereocenters. The van der Waals surface area contributed by atoms with Gasteiger partial charge in [-0.2, -0.15) is 0 Å². The first kappa shape index (κ1) is 13.3. The molecule has 0 aromatic rings. The highest BCUT2D eigenvalue weighted by molar-refractivity contribution is 5.80. The topological polar surface area (TPSA) is 87.1 Å². The average Bonchev–Trinajstić information content (AvgIpc) is 2.39. The van der Waals surface area contributed by atoms with E-state index in [2.05, 4.69) is 4.90 Å². The van der Waals surface area contributed by atoms with E-state index in [0.29, 0.717) is 38.8 Å². The minimum absolute atomic E-state index is 0.343. The smallest absolute Gasteiger partial charge is 0.308 e. The number of hydrogen-bond acceptors (Lipinski definition) is 4. The fraction of sp³-hybridized carbons (Fsp3) is 0.833. The lowest BCUT2D eigenvalue weighted by atomic mass is 9.84. The standard InChI is InChI=1S/C12H19NO5/c14-11(15)9-1-4-13(7-10(9)12(16)17)8-2-5-18-6-3-8/h8-10H,1-7H2,(H,14,15)(H,16,17). The van der Waals surface area contributed by atoms with Crippen LogP contribution in [-0.2, 0) is 14.3 Å². The molecule has 0 aromatic carbocycles. The van der Waals surface area contributed by atoms with Crippen molar-refractivity contribution >= 4 is 11.9 Å². The number of carbonyl (C=O) groups is 2. The highest BCUT2D eigenvalue weighted by Crippen LogP contribution is 2.28. The quantitative estimate of drug-likeness (QED) is 0.754. The van der Waals surface area contributed by atoms with Crippen LogP contribution in [0.25, 0.3) is 0 Å². The van der Waals surface area contributed by atoms with Crippen molar-refractivity contribution in [3.05, 3.63) is 0 Å². The number of carboxylic acids is 2. The molecule has 0 saturated carbocycles. The molecule has 6 heteroatoms. The molecule has 0 aromatic heterocycles. The highest BCUT2D eigenvalue weighted by Gasteiger charge is 2.40. The normalized spacial score (nSPS) is 31.1. The fourth-order valence-electron chi connectivity index (χ4n) is 2.90. The molecule has 2 fully saturated rings. The molecule has 18 heavy (non-hydrogen) atoms. The Kier molecular flexibility index (Phi) is 4.19. The molecule has 0 amide bonds. The molecule has 0 aliphatic carbocycles. The lowest BCUT2D eigenvalue weighted by Gasteiger charge is -2.40. The summed E-state index contributed by atoms with van der Waals surface area (Å²) in [5.41, 5.74) is 0. The van der Waals surface area contributed by atoms with Crippen LogP contribution in [-0.4, -0.2) is 59.4 Å². The molecule has 0 radical (unpaired) electrons. The molecular formula is C12H19NO5. The van der Waals surface area contributed by atoms with Crippen LogP contribution >= 0.6 is 0 Å². The largest absolute Gasteiger partial charge is 0.481 e. The first-order valence-corrected chi connectivity index (χ1v) is 6.37. The predicted molar refractivity (Wildman–Crippen MR) is 62.3 cm³/mol. The molecular weight excluding hydrogens is 238 g/mol. The zero-order chi connectivity index (χ0) is 13.1. The van der Waals surface area contributed by atoms with Gasteiger partial charge in [0.05, 0.1) is 11.8 Å². The summed E-state index contributed by atoms with van der Waals surface area (Å²) >= 11 is 0. The third kappa shape index (κ3) is 2.81. The van der Waals surface area contributed by atoms with Gasteiger partial charge in [-0.05, 0) is 25.8 Å². The van der Waals surface area contributed by atoms with Crippen molar-refractivity contribution in [1.29, 1.82) is 0 Å². The molecule has 0 bridgehead atoms. The van der Waals surface area contributed by atoms with Crippen molar-refractivity contribution in [2.24, 2.45) is 11.8 Å². The van der Waals surface area contributed by atoms with Crippen LogP contribution in [0.5, 0.6) is 0 Å². The van der Waals surface area contributed by atoms with Crippen LogP contribution in [0, 0.1) is 11.8 Å². The lowest BCUT2D eigenvalue weighted by molar-refractivity contribution is -0.158. The van der Waals surface area contributed by atoms with Gasteiger partial charge in [-0.15, -0.1) is 0 Å². The lowest BCUT2D eigenvalue weighted by Crippen LogP contribution is -2.51. The van der Waals surface area contributed by atoms with E-state index in [1.807, 2.05) is 0 Å². The zero-order valence-electron chi connectivity index (χ0n) is 10.2. The van der Waals surface area contributed by atoms with Crippen molar-refractivity contribution in [3.63, 3.8) is 0 Å². The molecule has 2 aliphatic heterocycles. The molecule has 6 nitrogen and oxygen atoms in total. The van der Waals surface area contributed by atoms with E-state index >= 15 is 0 Å². The van der Waals surface area contributed by atoms with Crippen molar-refractivity contribution in [3.8, 4) is 0 Å². The monoisotopic (exact) mass is 257 g/mol. The minimum Gasteiger partial charge on any atom is -0.481 e. The van der Waals surface area contributed by atoms with Crippen molar-refractivity contribution in [2.45, 2.75) is 25.3 Å². The van der Waals surface area contributed by atoms with Gasteiger partial charge in [-0.1, -0.05) is 0 Å². The Morgan fingerprint density at radius 1 is 1.00 bits per heavy atom. The number of aliphatic carboxylic acids is 2. The molecule has 2 atom stereocenters. The maximum atomic E-state index is 11.2.